The van der Waals surface area contributed by atoms with E-state index in [1.807, 2.05) is 37.4 Å². The summed E-state index contributed by atoms with van der Waals surface area (Å²) in [5, 5.41) is 3.70. The molecule has 5 heteroatoms. The van der Waals surface area contributed by atoms with E-state index < -0.39 is 12.0 Å². The van der Waals surface area contributed by atoms with Crippen LogP contribution in [0.1, 0.15) is 25.3 Å². The van der Waals surface area contributed by atoms with Crippen LogP contribution < -0.4 is 5.32 Å². The fraction of sp³-hybridized carbons (Fsp3) is 0.333. The average Bonchev–Trinajstić information content (AvgIpc) is 2.87. The molecule has 20 heavy (non-hydrogen) atoms. The highest BCUT2D eigenvalue weighted by molar-refractivity contribution is 5.87. The van der Waals surface area contributed by atoms with Crippen LogP contribution in [0.25, 0.3) is 10.9 Å². The van der Waals surface area contributed by atoms with Crippen molar-refractivity contribution in [3.8, 4) is 0 Å². The number of fused-ring (bicyclic) bond motifs is 1. The van der Waals surface area contributed by atoms with Gasteiger partial charge in [-0.25, -0.2) is 4.79 Å². The maximum atomic E-state index is 11.9. The van der Waals surface area contributed by atoms with Crippen molar-refractivity contribution in [2.75, 3.05) is 7.11 Å². The lowest BCUT2D eigenvalue weighted by Crippen LogP contribution is -2.43. The van der Waals surface area contributed by atoms with Gasteiger partial charge in [-0.2, -0.15) is 0 Å². The second kappa shape index (κ2) is 5.77. The normalized spacial score (nSPS) is 13.8. The summed E-state index contributed by atoms with van der Waals surface area (Å²) in [6.45, 7) is 3.28. The first-order valence-electron chi connectivity index (χ1n) is 6.45. The van der Waals surface area contributed by atoms with Gasteiger partial charge in [-0.3, -0.25) is 4.79 Å². The van der Waals surface area contributed by atoms with Gasteiger partial charge in [-0.15, -0.1) is 0 Å². The van der Waals surface area contributed by atoms with Crippen LogP contribution in [0.5, 0.6) is 0 Å². The van der Waals surface area contributed by atoms with Gasteiger partial charge >= 0.3 is 5.97 Å². The van der Waals surface area contributed by atoms with Crippen molar-refractivity contribution in [2.45, 2.75) is 25.8 Å². The minimum atomic E-state index is -0.697. The Morgan fingerprint density at radius 2 is 2.00 bits per heavy atom. The quantitative estimate of drug-likeness (QED) is 0.837. The van der Waals surface area contributed by atoms with Gasteiger partial charge in [-0.05, 0) is 11.6 Å². The van der Waals surface area contributed by atoms with E-state index in [2.05, 4.69) is 10.3 Å². The highest BCUT2D eigenvalue weighted by atomic mass is 16.5. The van der Waals surface area contributed by atoms with Gasteiger partial charge in [0, 0.05) is 29.9 Å². The van der Waals surface area contributed by atoms with Crippen LogP contribution in [0.2, 0.25) is 0 Å². The molecule has 2 atom stereocenters. The molecule has 0 radical (unpaired) electrons. The molecule has 1 heterocycles. The highest BCUT2D eigenvalue weighted by Crippen LogP contribution is 2.28. The zero-order chi connectivity index (χ0) is 14.7. The Bertz CT molecular complexity index is 633. The largest absolute Gasteiger partial charge is 0.467 e. The van der Waals surface area contributed by atoms with Gasteiger partial charge in [0.2, 0.25) is 5.91 Å². The van der Waals surface area contributed by atoms with E-state index in [1.54, 1.807) is 0 Å². The number of amides is 1. The molecule has 0 bridgehead atoms. The van der Waals surface area contributed by atoms with E-state index in [1.165, 1.54) is 14.0 Å². The van der Waals surface area contributed by atoms with Gasteiger partial charge in [0.15, 0.2) is 0 Å². The summed E-state index contributed by atoms with van der Waals surface area (Å²) in [7, 11) is 1.32. The second-order valence-corrected chi connectivity index (χ2v) is 4.78. The number of benzene rings is 1. The third kappa shape index (κ3) is 2.66. The first kappa shape index (κ1) is 14.1. The van der Waals surface area contributed by atoms with Crippen molar-refractivity contribution in [3.05, 3.63) is 36.0 Å². The molecular formula is C15H18N2O3. The topological polar surface area (TPSA) is 71.2 Å². The molecule has 0 aliphatic carbocycles. The first-order chi connectivity index (χ1) is 9.54. The monoisotopic (exact) mass is 274 g/mol. The number of hydrogen-bond acceptors (Lipinski definition) is 3. The zero-order valence-corrected chi connectivity index (χ0v) is 11.8. The number of methoxy groups -OCH3 is 1. The maximum Gasteiger partial charge on any atom is 0.328 e. The van der Waals surface area contributed by atoms with Crippen molar-refractivity contribution in [1.29, 1.82) is 0 Å². The van der Waals surface area contributed by atoms with Crippen molar-refractivity contribution < 1.29 is 14.3 Å². The summed E-state index contributed by atoms with van der Waals surface area (Å²) in [5.74, 6) is -0.896. The first-order valence-corrected chi connectivity index (χ1v) is 6.45. The molecule has 1 aromatic carbocycles. The van der Waals surface area contributed by atoms with Crippen molar-refractivity contribution in [1.82, 2.24) is 10.3 Å². The molecule has 0 aliphatic rings. The average molecular weight is 274 g/mol. The summed E-state index contributed by atoms with van der Waals surface area (Å²) in [6, 6.07) is 7.14. The lowest BCUT2D eigenvalue weighted by Gasteiger charge is -2.22. The maximum absolute atomic E-state index is 11.9. The number of esters is 1. The summed E-state index contributed by atoms with van der Waals surface area (Å²) < 4.78 is 4.78. The zero-order valence-electron chi connectivity index (χ0n) is 11.8. The molecule has 1 aromatic heterocycles. The van der Waals surface area contributed by atoms with Crippen molar-refractivity contribution in [2.24, 2.45) is 0 Å². The summed E-state index contributed by atoms with van der Waals surface area (Å²) in [5.41, 5.74) is 1.98. The molecule has 2 unspecified atom stereocenters. The number of ether oxygens (including phenoxy) is 1. The molecule has 2 rings (SSSR count). The predicted octanol–water partition coefficient (Wildman–Crippen LogP) is 1.95. The van der Waals surface area contributed by atoms with Gasteiger partial charge in [0.05, 0.1) is 7.11 Å². The molecule has 5 nitrogen and oxygen atoms in total. The van der Waals surface area contributed by atoms with Crippen LogP contribution in [-0.2, 0) is 14.3 Å². The Balaban J connectivity index is 2.38. The van der Waals surface area contributed by atoms with Crippen LogP contribution in [0.4, 0.5) is 0 Å². The smallest absolute Gasteiger partial charge is 0.328 e. The Morgan fingerprint density at radius 3 is 2.65 bits per heavy atom. The van der Waals surface area contributed by atoms with Gasteiger partial charge in [-0.1, -0.05) is 25.1 Å². The Labute approximate surface area is 117 Å². The van der Waals surface area contributed by atoms with Crippen molar-refractivity contribution >= 4 is 22.8 Å². The van der Waals surface area contributed by atoms with Crippen LogP contribution >= 0.6 is 0 Å². The predicted molar refractivity (Wildman–Crippen MR) is 76.3 cm³/mol. The van der Waals surface area contributed by atoms with Crippen LogP contribution in [0.3, 0.4) is 0 Å². The van der Waals surface area contributed by atoms with E-state index in [9.17, 15) is 9.59 Å². The number of H-pyrrole nitrogens is 1. The summed E-state index contributed by atoms with van der Waals surface area (Å²) >= 11 is 0. The number of carbonyl (C=O) groups excluding carboxylic acids is 2. The molecule has 0 saturated heterocycles. The second-order valence-electron chi connectivity index (χ2n) is 4.78. The molecule has 0 fully saturated rings. The molecule has 0 aliphatic heterocycles. The van der Waals surface area contributed by atoms with Crippen LogP contribution in [-0.4, -0.2) is 30.0 Å². The highest BCUT2D eigenvalue weighted by Gasteiger charge is 2.29. The Hall–Kier alpha value is -2.30. The minimum absolute atomic E-state index is 0.192. The third-order valence-electron chi connectivity index (χ3n) is 3.43. The Kier molecular flexibility index (Phi) is 4.08. The fourth-order valence-electron chi connectivity index (χ4n) is 2.38. The molecule has 2 aromatic rings. The number of hydrogen-bond donors (Lipinski definition) is 2. The Morgan fingerprint density at radius 1 is 1.30 bits per heavy atom. The summed E-state index contributed by atoms with van der Waals surface area (Å²) in [6.07, 6.45) is 1.87. The lowest BCUT2D eigenvalue weighted by atomic mass is 9.93. The molecule has 0 saturated carbocycles. The number of rotatable bonds is 4. The standard InChI is InChI=1S/C15H18N2O3/c1-9(14(15(19)20-3)17-10(2)18)12-8-16-13-7-5-4-6-11(12)13/h4-9,14,16H,1-3H3,(H,17,18). The number of aromatic amines is 1. The third-order valence-corrected chi connectivity index (χ3v) is 3.43. The minimum Gasteiger partial charge on any atom is -0.467 e. The van der Waals surface area contributed by atoms with E-state index in [4.69, 9.17) is 4.74 Å². The SMILES string of the molecule is COC(=O)C(NC(C)=O)C(C)c1c[nH]c2ccccc12. The number of aromatic nitrogens is 1. The van der Waals surface area contributed by atoms with Gasteiger partial charge < -0.3 is 15.0 Å². The van der Waals surface area contributed by atoms with Crippen molar-refractivity contribution in [3.63, 3.8) is 0 Å². The summed E-state index contributed by atoms with van der Waals surface area (Å²) in [4.78, 5) is 26.3. The van der Waals surface area contributed by atoms with E-state index >= 15 is 0 Å². The molecular weight excluding hydrogens is 256 g/mol. The molecule has 2 N–H and O–H groups in total. The number of nitrogens with one attached hydrogen (secondary N) is 2. The molecule has 106 valence electrons. The van der Waals surface area contributed by atoms with Crippen LogP contribution in [0.15, 0.2) is 30.5 Å². The van der Waals surface area contributed by atoms with Gasteiger partial charge in [0.25, 0.3) is 0 Å². The van der Waals surface area contributed by atoms with E-state index in [0.29, 0.717) is 0 Å². The van der Waals surface area contributed by atoms with Gasteiger partial charge in [0.1, 0.15) is 6.04 Å². The fourth-order valence-corrected chi connectivity index (χ4v) is 2.38. The number of para-hydroxylation sites is 1. The van der Waals surface area contributed by atoms with E-state index in [0.717, 1.165) is 16.5 Å². The number of carbonyl (C=O) groups is 2. The lowest BCUT2D eigenvalue weighted by molar-refractivity contribution is -0.145. The molecule has 0 spiro atoms. The van der Waals surface area contributed by atoms with Crippen LogP contribution in [0, 0.1) is 0 Å². The molecule has 1 amide bonds. The van der Waals surface area contributed by atoms with E-state index in [-0.39, 0.29) is 11.8 Å².